The van der Waals surface area contributed by atoms with Gasteiger partial charge in [-0.1, -0.05) is 0 Å². The van der Waals surface area contributed by atoms with Crippen LogP contribution in [-0.4, -0.2) is 17.4 Å². The molecular formula is C13H16N2O3. The average Bonchev–Trinajstić information content (AvgIpc) is 2.63. The first kappa shape index (κ1) is 12.6. The number of nitrogens with one attached hydrogen (secondary N) is 2. The molecule has 0 aromatic heterocycles. The number of amides is 2. The van der Waals surface area contributed by atoms with Crippen LogP contribution in [0.5, 0.6) is 0 Å². The summed E-state index contributed by atoms with van der Waals surface area (Å²) in [5.41, 5.74) is 4.05. The summed E-state index contributed by atoms with van der Waals surface area (Å²) in [6.07, 6.45) is 0.316. The number of anilines is 1. The normalized spacial score (nSPS) is 14.1. The van der Waals surface area contributed by atoms with E-state index in [1.54, 1.807) is 18.2 Å². The fourth-order valence-corrected chi connectivity index (χ4v) is 1.63. The molecule has 2 amide bonds. The molecule has 1 aromatic rings. The number of hydroxylamine groups is 1. The number of carbonyl (C=O) groups excluding carboxylic acids is 2. The number of rotatable bonds is 2. The molecule has 5 nitrogen and oxygen atoms in total. The fourth-order valence-electron chi connectivity index (χ4n) is 1.63. The van der Waals surface area contributed by atoms with Crippen molar-refractivity contribution in [3.63, 3.8) is 0 Å². The second kappa shape index (κ2) is 4.42. The summed E-state index contributed by atoms with van der Waals surface area (Å²) in [6.45, 7) is 5.54. The second-order valence-corrected chi connectivity index (χ2v) is 5.24. The topological polar surface area (TPSA) is 67.4 Å². The van der Waals surface area contributed by atoms with Gasteiger partial charge in [-0.15, -0.1) is 0 Å². The lowest BCUT2D eigenvalue weighted by atomic mass is 10.1. The van der Waals surface area contributed by atoms with Crippen LogP contribution in [-0.2, 0) is 16.1 Å². The monoisotopic (exact) mass is 248 g/mol. The van der Waals surface area contributed by atoms with Crippen LogP contribution in [0.2, 0.25) is 0 Å². The number of carbonyl (C=O) groups is 2. The Balaban J connectivity index is 2.08. The zero-order chi connectivity index (χ0) is 13.3. The fraction of sp³-hybridized carbons (Fsp3) is 0.385. The van der Waals surface area contributed by atoms with Crippen LogP contribution in [0.15, 0.2) is 18.2 Å². The summed E-state index contributed by atoms with van der Waals surface area (Å²) in [4.78, 5) is 28.2. The van der Waals surface area contributed by atoms with Crippen molar-refractivity contribution in [3.8, 4) is 0 Å². The Hall–Kier alpha value is -1.88. The minimum atomic E-state index is -0.441. The summed E-state index contributed by atoms with van der Waals surface area (Å²) < 4.78 is 0. The van der Waals surface area contributed by atoms with E-state index >= 15 is 0 Å². The predicted octanol–water partition coefficient (Wildman–Crippen LogP) is 1.64. The average molecular weight is 248 g/mol. The number of fused-ring (bicyclic) bond motifs is 1. The minimum absolute atomic E-state index is 0.0477. The van der Waals surface area contributed by atoms with E-state index in [4.69, 9.17) is 4.84 Å². The Bertz CT molecular complexity index is 503. The lowest BCUT2D eigenvalue weighted by Gasteiger charge is -2.19. The highest BCUT2D eigenvalue weighted by Gasteiger charge is 2.20. The molecule has 0 saturated heterocycles. The molecule has 0 atom stereocenters. The van der Waals surface area contributed by atoms with E-state index in [9.17, 15) is 9.59 Å². The van der Waals surface area contributed by atoms with Gasteiger partial charge < -0.3 is 5.32 Å². The lowest BCUT2D eigenvalue weighted by molar-refractivity contribution is -0.115. The SMILES string of the molecule is CC(C)(C)ONC(=O)c1ccc2c(c1)CC(=O)N2. The molecule has 5 heteroatoms. The molecule has 0 unspecified atom stereocenters. The summed E-state index contributed by atoms with van der Waals surface area (Å²) in [6, 6.07) is 5.09. The van der Waals surface area contributed by atoms with Crippen molar-refractivity contribution < 1.29 is 14.4 Å². The Morgan fingerprint density at radius 1 is 1.39 bits per heavy atom. The molecule has 0 bridgehead atoms. The molecule has 96 valence electrons. The van der Waals surface area contributed by atoms with Crippen LogP contribution in [0, 0.1) is 0 Å². The van der Waals surface area contributed by atoms with Gasteiger partial charge in [0.15, 0.2) is 0 Å². The Morgan fingerprint density at radius 2 is 2.11 bits per heavy atom. The third-order valence-electron chi connectivity index (χ3n) is 2.44. The van der Waals surface area contributed by atoms with E-state index in [0.717, 1.165) is 11.3 Å². The van der Waals surface area contributed by atoms with Crippen molar-refractivity contribution in [1.29, 1.82) is 0 Å². The Kier molecular flexibility index (Phi) is 3.09. The molecule has 1 aromatic carbocycles. The highest BCUT2D eigenvalue weighted by Crippen LogP contribution is 2.23. The summed E-state index contributed by atoms with van der Waals surface area (Å²) >= 11 is 0. The Morgan fingerprint density at radius 3 is 2.78 bits per heavy atom. The summed E-state index contributed by atoms with van der Waals surface area (Å²) in [5.74, 6) is -0.361. The first-order valence-electron chi connectivity index (χ1n) is 5.76. The minimum Gasteiger partial charge on any atom is -0.326 e. The van der Waals surface area contributed by atoms with Crippen LogP contribution in [0.3, 0.4) is 0 Å². The van der Waals surface area contributed by atoms with Crippen molar-refractivity contribution in [2.45, 2.75) is 32.8 Å². The van der Waals surface area contributed by atoms with Crippen LogP contribution in [0.4, 0.5) is 5.69 Å². The van der Waals surface area contributed by atoms with Gasteiger partial charge in [-0.25, -0.2) is 5.48 Å². The molecule has 0 spiro atoms. The van der Waals surface area contributed by atoms with Crippen LogP contribution >= 0.6 is 0 Å². The molecule has 0 fully saturated rings. The van der Waals surface area contributed by atoms with Crippen molar-refractivity contribution in [2.24, 2.45) is 0 Å². The van der Waals surface area contributed by atoms with E-state index < -0.39 is 5.60 Å². The molecule has 0 saturated carbocycles. The molecule has 2 rings (SSSR count). The first-order valence-corrected chi connectivity index (χ1v) is 5.76. The van der Waals surface area contributed by atoms with Crippen LogP contribution < -0.4 is 10.8 Å². The lowest BCUT2D eigenvalue weighted by Crippen LogP contribution is -2.33. The Labute approximate surface area is 105 Å². The molecule has 0 radical (unpaired) electrons. The van der Waals surface area contributed by atoms with Crippen molar-refractivity contribution >= 4 is 17.5 Å². The van der Waals surface area contributed by atoms with Crippen LogP contribution in [0.1, 0.15) is 36.7 Å². The summed E-state index contributed by atoms with van der Waals surface area (Å²) in [5, 5.41) is 2.72. The third kappa shape index (κ3) is 2.87. The van der Waals surface area contributed by atoms with E-state index in [0.29, 0.717) is 12.0 Å². The third-order valence-corrected chi connectivity index (χ3v) is 2.44. The maximum absolute atomic E-state index is 11.8. The molecular weight excluding hydrogens is 232 g/mol. The highest BCUT2D eigenvalue weighted by molar-refractivity contribution is 6.01. The summed E-state index contributed by atoms with van der Waals surface area (Å²) in [7, 11) is 0. The zero-order valence-corrected chi connectivity index (χ0v) is 10.7. The second-order valence-electron chi connectivity index (χ2n) is 5.24. The van der Waals surface area contributed by atoms with Crippen LogP contribution in [0.25, 0.3) is 0 Å². The standard InChI is InChI=1S/C13H16N2O3/c1-13(2,3)18-15-12(17)8-4-5-10-9(6-8)7-11(16)14-10/h4-6H,7H2,1-3H3,(H,14,16)(H,15,17). The highest BCUT2D eigenvalue weighted by atomic mass is 16.7. The van der Waals surface area contributed by atoms with E-state index in [1.807, 2.05) is 20.8 Å². The van der Waals surface area contributed by atoms with Gasteiger partial charge in [0.25, 0.3) is 5.91 Å². The number of benzene rings is 1. The zero-order valence-electron chi connectivity index (χ0n) is 10.7. The van der Waals surface area contributed by atoms with E-state index in [-0.39, 0.29) is 11.8 Å². The maximum Gasteiger partial charge on any atom is 0.274 e. The van der Waals surface area contributed by atoms with Gasteiger partial charge in [0, 0.05) is 11.3 Å². The smallest absolute Gasteiger partial charge is 0.274 e. The van der Waals surface area contributed by atoms with Gasteiger partial charge in [0.05, 0.1) is 12.0 Å². The molecule has 18 heavy (non-hydrogen) atoms. The maximum atomic E-state index is 11.8. The van der Waals surface area contributed by atoms with Gasteiger partial charge in [0.2, 0.25) is 5.91 Å². The quantitative estimate of drug-likeness (QED) is 0.782. The molecule has 0 aliphatic carbocycles. The largest absolute Gasteiger partial charge is 0.326 e. The molecule has 1 heterocycles. The first-order chi connectivity index (χ1) is 8.35. The molecule has 1 aliphatic rings. The molecule has 2 N–H and O–H groups in total. The van der Waals surface area contributed by atoms with Crippen molar-refractivity contribution in [2.75, 3.05) is 5.32 Å². The van der Waals surface area contributed by atoms with E-state index in [1.165, 1.54) is 0 Å². The van der Waals surface area contributed by atoms with Gasteiger partial charge in [-0.2, -0.15) is 0 Å². The predicted molar refractivity (Wildman–Crippen MR) is 67.1 cm³/mol. The van der Waals surface area contributed by atoms with Gasteiger partial charge in [-0.3, -0.25) is 14.4 Å². The van der Waals surface area contributed by atoms with Gasteiger partial charge >= 0.3 is 0 Å². The number of hydrogen-bond donors (Lipinski definition) is 2. The molecule has 1 aliphatic heterocycles. The van der Waals surface area contributed by atoms with Gasteiger partial charge in [-0.05, 0) is 44.5 Å². The van der Waals surface area contributed by atoms with Crippen molar-refractivity contribution in [1.82, 2.24) is 5.48 Å². The van der Waals surface area contributed by atoms with Crippen molar-refractivity contribution in [3.05, 3.63) is 29.3 Å². The number of hydrogen-bond acceptors (Lipinski definition) is 3. The van der Waals surface area contributed by atoms with Gasteiger partial charge in [0.1, 0.15) is 0 Å². The van der Waals surface area contributed by atoms with E-state index in [2.05, 4.69) is 10.8 Å².